The maximum Gasteiger partial charge on any atom is 0.407 e. The molecule has 0 radical (unpaired) electrons. The van der Waals surface area contributed by atoms with E-state index in [0.717, 1.165) is 6.42 Å². The Labute approximate surface area is 150 Å². The molecule has 7 heteroatoms. The van der Waals surface area contributed by atoms with Crippen molar-refractivity contribution in [2.24, 2.45) is 10.8 Å². The lowest BCUT2D eigenvalue weighted by Crippen LogP contribution is -2.47. The highest BCUT2D eigenvalue weighted by Gasteiger charge is 2.38. The Morgan fingerprint density at radius 3 is 2.36 bits per heavy atom. The number of hydrogen-bond acceptors (Lipinski definition) is 6. The molecule has 0 bridgehead atoms. The number of rotatable bonds is 10. The Balaban J connectivity index is 2.00. The van der Waals surface area contributed by atoms with E-state index in [9.17, 15) is 9.59 Å². The fraction of sp³-hybridized carbons (Fsp3) is 0.778. The van der Waals surface area contributed by atoms with Gasteiger partial charge in [0.15, 0.2) is 0 Å². The van der Waals surface area contributed by atoms with Crippen LogP contribution < -0.4 is 5.32 Å². The second-order valence-electron chi connectivity index (χ2n) is 7.33. The molecule has 1 aliphatic rings. The van der Waals surface area contributed by atoms with Crippen molar-refractivity contribution in [3.8, 4) is 0 Å². The zero-order chi connectivity index (χ0) is 18.9. The fourth-order valence-electron chi connectivity index (χ4n) is 1.96. The number of carbonyl (C=O) groups excluding carboxylic acids is 2. The molecule has 25 heavy (non-hydrogen) atoms. The Kier molecular flexibility index (Phi) is 8.38. The second kappa shape index (κ2) is 9.77. The summed E-state index contributed by atoms with van der Waals surface area (Å²) in [6.07, 6.45) is 0.459. The minimum Gasteiger partial charge on any atom is -0.460 e. The molecule has 0 atom stereocenters. The zero-order valence-corrected chi connectivity index (χ0v) is 15.8. The van der Waals surface area contributed by atoms with Crippen LogP contribution in [0, 0.1) is 10.8 Å². The molecule has 1 amide bonds. The third kappa shape index (κ3) is 7.44. The van der Waals surface area contributed by atoms with Gasteiger partial charge in [0, 0.05) is 12.1 Å². The summed E-state index contributed by atoms with van der Waals surface area (Å²) in [5.74, 6) is -0.414. The van der Waals surface area contributed by atoms with Gasteiger partial charge in [0.05, 0.1) is 31.8 Å². The van der Waals surface area contributed by atoms with E-state index in [-0.39, 0.29) is 24.0 Å². The summed E-state index contributed by atoms with van der Waals surface area (Å²) in [5, 5.41) is 2.62. The quantitative estimate of drug-likeness (QED) is 0.367. The molecular weight excluding hydrogens is 326 g/mol. The largest absolute Gasteiger partial charge is 0.460 e. The van der Waals surface area contributed by atoms with Crippen molar-refractivity contribution in [1.82, 2.24) is 5.32 Å². The first-order valence-corrected chi connectivity index (χ1v) is 8.63. The third-order valence-corrected chi connectivity index (χ3v) is 4.20. The van der Waals surface area contributed by atoms with E-state index < -0.39 is 12.1 Å². The number of nitrogens with one attached hydrogen (secondary N) is 1. The minimum absolute atomic E-state index is 0.0191. The van der Waals surface area contributed by atoms with Gasteiger partial charge in [-0.1, -0.05) is 34.3 Å². The van der Waals surface area contributed by atoms with Crippen LogP contribution >= 0.6 is 0 Å². The van der Waals surface area contributed by atoms with Crippen LogP contribution in [0.25, 0.3) is 0 Å². The number of alkyl carbamates (subject to hydrolysis) is 1. The fourth-order valence-corrected chi connectivity index (χ4v) is 1.96. The first kappa shape index (κ1) is 21.4. The molecule has 0 aromatic carbocycles. The molecule has 144 valence electrons. The molecule has 0 spiro atoms. The predicted octanol–water partition coefficient (Wildman–Crippen LogP) is 2.30. The number of ether oxygens (including phenoxy) is 4. The van der Waals surface area contributed by atoms with Crippen LogP contribution in [0.2, 0.25) is 0 Å². The Hall–Kier alpha value is -1.60. The van der Waals surface area contributed by atoms with Crippen LogP contribution in [-0.4, -0.2) is 58.2 Å². The highest BCUT2D eigenvalue weighted by molar-refractivity contribution is 5.88. The highest BCUT2D eigenvalue weighted by Crippen LogP contribution is 2.31. The Bertz CT molecular complexity index is 459. The zero-order valence-electron chi connectivity index (χ0n) is 15.8. The molecule has 0 aliphatic carbocycles. The lowest BCUT2D eigenvalue weighted by molar-refractivity contribution is -0.141. The van der Waals surface area contributed by atoms with Crippen LogP contribution in [0.1, 0.15) is 34.1 Å². The second-order valence-corrected chi connectivity index (χ2v) is 7.33. The van der Waals surface area contributed by atoms with Crippen LogP contribution in [0.3, 0.4) is 0 Å². The summed E-state index contributed by atoms with van der Waals surface area (Å²) in [6.45, 7) is 14.2. The predicted molar refractivity (Wildman–Crippen MR) is 93.3 cm³/mol. The number of esters is 1. The van der Waals surface area contributed by atoms with Crippen LogP contribution in [0.4, 0.5) is 4.79 Å². The first-order chi connectivity index (χ1) is 11.7. The molecule has 0 aromatic rings. The minimum atomic E-state index is -0.462. The van der Waals surface area contributed by atoms with Gasteiger partial charge < -0.3 is 24.3 Å². The van der Waals surface area contributed by atoms with Gasteiger partial charge >= 0.3 is 12.1 Å². The van der Waals surface area contributed by atoms with E-state index in [2.05, 4.69) is 18.8 Å². The summed E-state index contributed by atoms with van der Waals surface area (Å²) < 4.78 is 20.7. The smallest absolute Gasteiger partial charge is 0.407 e. The van der Waals surface area contributed by atoms with Gasteiger partial charge in [-0.05, 0) is 11.8 Å². The first-order valence-electron chi connectivity index (χ1n) is 8.63. The average Bonchev–Trinajstić information content (AvgIpc) is 2.51. The number of amides is 1. The van der Waals surface area contributed by atoms with Gasteiger partial charge in [0.25, 0.3) is 0 Å². The SMILES string of the molecule is C=C(C(=O)OCCOCCNC(=O)OCC1(CC)COC1)C(C)(C)C. The molecule has 1 N–H and O–H groups in total. The van der Waals surface area contributed by atoms with Crippen LogP contribution in [-0.2, 0) is 23.7 Å². The van der Waals surface area contributed by atoms with E-state index in [1.54, 1.807) is 0 Å². The van der Waals surface area contributed by atoms with Crippen LogP contribution in [0.5, 0.6) is 0 Å². The molecule has 7 nitrogen and oxygen atoms in total. The van der Waals surface area contributed by atoms with Crippen molar-refractivity contribution in [2.75, 3.05) is 46.2 Å². The lowest BCUT2D eigenvalue weighted by Gasteiger charge is -2.39. The van der Waals surface area contributed by atoms with Gasteiger partial charge in [0.2, 0.25) is 0 Å². The van der Waals surface area contributed by atoms with Gasteiger partial charge in [0.1, 0.15) is 13.2 Å². The average molecular weight is 357 g/mol. The Morgan fingerprint density at radius 2 is 1.84 bits per heavy atom. The van der Waals surface area contributed by atoms with Gasteiger partial charge in [-0.25, -0.2) is 9.59 Å². The van der Waals surface area contributed by atoms with E-state index in [1.807, 2.05) is 20.8 Å². The molecule has 0 saturated carbocycles. The van der Waals surface area contributed by atoms with E-state index >= 15 is 0 Å². The summed E-state index contributed by atoms with van der Waals surface area (Å²) in [7, 11) is 0. The van der Waals surface area contributed by atoms with Crippen molar-refractivity contribution in [3.05, 3.63) is 12.2 Å². The Morgan fingerprint density at radius 1 is 1.16 bits per heavy atom. The molecule has 1 rings (SSSR count). The van der Waals surface area contributed by atoms with E-state index in [0.29, 0.717) is 38.5 Å². The van der Waals surface area contributed by atoms with Gasteiger partial charge in [-0.2, -0.15) is 0 Å². The topological polar surface area (TPSA) is 83.1 Å². The van der Waals surface area contributed by atoms with Crippen molar-refractivity contribution in [1.29, 1.82) is 0 Å². The van der Waals surface area contributed by atoms with Crippen molar-refractivity contribution in [2.45, 2.75) is 34.1 Å². The molecule has 1 aliphatic heterocycles. The summed E-state index contributed by atoms with van der Waals surface area (Å²) >= 11 is 0. The summed E-state index contributed by atoms with van der Waals surface area (Å²) in [4.78, 5) is 23.3. The molecule has 0 unspecified atom stereocenters. The lowest BCUT2D eigenvalue weighted by atomic mass is 9.84. The van der Waals surface area contributed by atoms with Crippen molar-refractivity contribution >= 4 is 12.1 Å². The van der Waals surface area contributed by atoms with Crippen molar-refractivity contribution in [3.63, 3.8) is 0 Å². The van der Waals surface area contributed by atoms with Crippen LogP contribution in [0.15, 0.2) is 12.2 Å². The molecule has 1 heterocycles. The molecule has 1 saturated heterocycles. The van der Waals surface area contributed by atoms with E-state index in [4.69, 9.17) is 18.9 Å². The van der Waals surface area contributed by atoms with E-state index in [1.165, 1.54) is 0 Å². The standard InChI is InChI=1S/C18H31NO6/c1-6-18(11-23-12-18)13-25-16(21)19-7-8-22-9-10-24-15(20)14(2)17(3,4)5/h2,6-13H2,1,3-5H3,(H,19,21). The molecule has 1 fully saturated rings. The van der Waals surface area contributed by atoms with Gasteiger partial charge in [-0.3, -0.25) is 0 Å². The highest BCUT2D eigenvalue weighted by atomic mass is 16.6. The number of hydrogen-bond donors (Lipinski definition) is 1. The summed E-state index contributed by atoms with van der Waals surface area (Å²) in [5.41, 5.74) is 0.0949. The molecular formula is C18H31NO6. The monoisotopic (exact) mass is 357 g/mol. The summed E-state index contributed by atoms with van der Waals surface area (Å²) in [6, 6.07) is 0. The maximum atomic E-state index is 11.7. The maximum absolute atomic E-state index is 11.7. The third-order valence-electron chi connectivity index (χ3n) is 4.20. The van der Waals surface area contributed by atoms with Crippen molar-refractivity contribution < 1.29 is 28.5 Å². The van der Waals surface area contributed by atoms with Gasteiger partial charge in [-0.15, -0.1) is 0 Å². The normalized spacial score (nSPS) is 15.8. The molecule has 0 aromatic heterocycles. The number of carbonyl (C=O) groups is 2.